The molecule has 0 atom stereocenters. The molecular formula is C21H27N3O2. The van der Waals surface area contributed by atoms with Crippen molar-refractivity contribution in [2.45, 2.75) is 44.6 Å². The molecule has 2 aromatic heterocycles. The van der Waals surface area contributed by atoms with Gasteiger partial charge in [0.2, 0.25) is 5.91 Å². The molecule has 26 heavy (non-hydrogen) atoms. The normalized spacial score (nSPS) is 30.1. The molecule has 138 valence electrons. The van der Waals surface area contributed by atoms with Crippen molar-refractivity contribution in [3.05, 3.63) is 30.1 Å². The lowest BCUT2D eigenvalue weighted by Gasteiger charge is -2.60. The molecule has 1 N–H and O–H groups in total. The highest BCUT2D eigenvalue weighted by atomic mass is 16.3. The molecule has 5 nitrogen and oxygen atoms in total. The third-order valence-corrected chi connectivity index (χ3v) is 6.80. The second-order valence-corrected chi connectivity index (χ2v) is 9.42. The Kier molecular flexibility index (Phi) is 3.34. The van der Waals surface area contributed by atoms with Gasteiger partial charge in [0.15, 0.2) is 0 Å². The number of likely N-dealkylation sites (tertiary alicyclic amines) is 1. The summed E-state index contributed by atoms with van der Waals surface area (Å²) in [5, 5.41) is 11.0. The quantitative estimate of drug-likeness (QED) is 0.922. The number of rotatable bonds is 3. The predicted molar refractivity (Wildman–Crippen MR) is 99.5 cm³/mol. The standard InChI is InChI=1S/C21H27N3O2/c1-20(26)10-16(11-20)19(25)24-12-21(13-24)8-14(9-21)7-17-4-3-15-5-6-23(2)18(15)22-17/h3-6,14,16,26H,7-13H2,1-2H3. The minimum atomic E-state index is -0.614. The lowest BCUT2D eigenvalue weighted by atomic mass is 9.56. The zero-order valence-corrected chi connectivity index (χ0v) is 15.6. The summed E-state index contributed by atoms with van der Waals surface area (Å²) >= 11 is 0. The van der Waals surface area contributed by atoms with Crippen molar-refractivity contribution in [3.63, 3.8) is 0 Å². The molecule has 2 aromatic rings. The molecule has 1 spiro atoms. The van der Waals surface area contributed by atoms with Crippen molar-refractivity contribution < 1.29 is 9.90 Å². The molecule has 5 rings (SSSR count). The Bertz CT molecular complexity index is 863. The number of hydrogen-bond donors (Lipinski definition) is 1. The van der Waals surface area contributed by atoms with Crippen LogP contribution in [-0.4, -0.2) is 44.2 Å². The van der Waals surface area contributed by atoms with E-state index in [1.54, 1.807) is 0 Å². The largest absolute Gasteiger partial charge is 0.390 e. The van der Waals surface area contributed by atoms with Crippen molar-refractivity contribution in [1.29, 1.82) is 0 Å². The van der Waals surface area contributed by atoms with E-state index in [2.05, 4.69) is 29.0 Å². The van der Waals surface area contributed by atoms with Gasteiger partial charge in [-0.05, 0) is 63.1 Å². The van der Waals surface area contributed by atoms with Crippen LogP contribution in [0.1, 0.15) is 38.3 Å². The fourth-order valence-electron chi connectivity index (χ4n) is 5.50. The van der Waals surface area contributed by atoms with Crippen LogP contribution in [0.2, 0.25) is 0 Å². The average molecular weight is 353 g/mol. The van der Waals surface area contributed by atoms with Gasteiger partial charge in [-0.1, -0.05) is 0 Å². The minimum Gasteiger partial charge on any atom is -0.390 e. The molecule has 0 aromatic carbocycles. The van der Waals surface area contributed by atoms with Gasteiger partial charge >= 0.3 is 0 Å². The van der Waals surface area contributed by atoms with Gasteiger partial charge in [-0.3, -0.25) is 4.79 Å². The van der Waals surface area contributed by atoms with E-state index in [1.807, 2.05) is 18.9 Å². The smallest absolute Gasteiger partial charge is 0.225 e. The molecule has 1 saturated heterocycles. The van der Waals surface area contributed by atoms with Crippen LogP contribution < -0.4 is 0 Å². The number of hydrogen-bond acceptors (Lipinski definition) is 3. The summed E-state index contributed by atoms with van der Waals surface area (Å²) in [7, 11) is 2.04. The second-order valence-electron chi connectivity index (χ2n) is 9.42. The van der Waals surface area contributed by atoms with E-state index in [-0.39, 0.29) is 11.8 Å². The molecule has 3 aliphatic rings. The number of carbonyl (C=O) groups is 1. The van der Waals surface area contributed by atoms with Crippen LogP contribution in [0.3, 0.4) is 0 Å². The Hall–Kier alpha value is -1.88. The van der Waals surface area contributed by atoms with E-state index in [4.69, 9.17) is 4.98 Å². The highest BCUT2D eigenvalue weighted by Crippen LogP contribution is 2.53. The number of carbonyl (C=O) groups excluding carboxylic acids is 1. The molecule has 2 saturated carbocycles. The molecule has 0 unspecified atom stereocenters. The fourth-order valence-corrected chi connectivity index (χ4v) is 5.50. The van der Waals surface area contributed by atoms with Gasteiger partial charge < -0.3 is 14.6 Å². The number of amides is 1. The summed E-state index contributed by atoms with van der Waals surface area (Å²) < 4.78 is 2.08. The Balaban J connectivity index is 1.13. The zero-order chi connectivity index (χ0) is 18.1. The van der Waals surface area contributed by atoms with E-state index in [9.17, 15) is 9.90 Å². The molecular weight excluding hydrogens is 326 g/mol. The number of aryl methyl sites for hydroxylation is 1. The van der Waals surface area contributed by atoms with E-state index < -0.39 is 5.60 Å². The summed E-state index contributed by atoms with van der Waals surface area (Å²) in [4.78, 5) is 19.3. The van der Waals surface area contributed by atoms with Crippen molar-refractivity contribution in [2.24, 2.45) is 24.3 Å². The third-order valence-electron chi connectivity index (χ3n) is 6.80. The highest BCUT2D eigenvalue weighted by Gasteiger charge is 2.55. The Morgan fingerprint density at radius 3 is 2.65 bits per heavy atom. The van der Waals surface area contributed by atoms with Crippen molar-refractivity contribution in [3.8, 4) is 0 Å². The van der Waals surface area contributed by atoms with Crippen molar-refractivity contribution in [1.82, 2.24) is 14.5 Å². The molecule has 3 heterocycles. The predicted octanol–water partition coefficient (Wildman–Crippen LogP) is 2.52. The Morgan fingerprint density at radius 1 is 1.23 bits per heavy atom. The first-order chi connectivity index (χ1) is 12.3. The first-order valence-corrected chi connectivity index (χ1v) is 9.75. The van der Waals surface area contributed by atoms with Gasteiger partial charge in [0.05, 0.1) is 5.60 Å². The monoisotopic (exact) mass is 353 g/mol. The summed E-state index contributed by atoms with van der Waals surface area (Å²) in [6.45, 7) is 3.67. The first kappa shape index (κ1) is 16.3. The van der Waals surface area contributed by atoms with Crippen molar-refractivity contribution in [2.75, 3.05) is 13.1 Å². The van der Waals surface area contributed by atoms with Gasteiger partial charge in [-0.15, -0.1) is 0 Å². The maximum Gasteiger partial charge on any atom is 0.225 e. The van der Waals surface area contributed by atoms with Crippen LogP contribution in [-0.2, 0) is 18.3 Å². The molecule has 1 amide bonds. The van der Waals surface area contributed by atoms with Crippen LogP contribution in [0, 0.1) is 17.3 Å². The highest BCUT2D eigenvalue weighted by molar-refractivity contribution is 5.81. The lowest BCUT2D eigenvalue weighted by molar-refractivity contribution is -0.171. The van der Waals surface area contributed by atoms with Crippen LogP contribution >= 0.6 is 0 Å². The molecule has 0 bridgehead atoms. The van der Waals surface area contributed by atoms with Crippen LogP contribution in [0.25, 0.3) is 11.0 Å². The maximum atomic E-state index is 12.4. The van der Waals surface area contributed by atoms with E-state index >= 15 is 0 Å². The Morgan fingerprint density at radius 2 is 1.96 bits per heavy atom. The third kappa shape index (κ3) is 2.56. The van der Waals surface area contributed by atoms with Gasteiger partial charge in [0, 0.05) is 48.7 Å². The summed E-state index contributed by atoms with van der Waals surface area (Å²) in [6.07, 6.45) is 6.79. The fraction of sp³-hybridized carbons (Fsp3) is 0.619. The first-order valence-electron chi connectivity index (χ1n) is 9.75. The number of pyridine rings is 1. The van der Waals surface area contributed by atoms with E-state index in [1.165, 1.54) is 23.9 Å². The summed E-state index contributed by atoms with van der Waals surface area (Å²) in [5.41, 5.74) is 2.01. The summed E-state index contributed by atoms with van der Waals surface area (Å²) in [6, 6.07) is 6.43. The average Bonchev–Trinajstić information content (AvgIpc) is 2.86. The minimum absolute atomic E-state index is 0.0550. The van der Waals surface area contributed by atoms with Gasteiger partial charge in [0.25, 0.3) is 0 Å². The summed E-state index contributed by atoms with van der Waals surface area (Å²) in [5.74, 6) is 1.02. The van der Waals surface area contributed by atoms with Crippen LogP contribution in [0.4, 0.5) is 0 Å². The van der Waals surface area contributed by atoms with Crippen LogP contribution in [0.5, 0.6) is 0 Å². The van der Waals surface area contributed by atoms with Gasteiger partial charge in [-0.2, -0.15) is 0 Å². The molecule has 2 aliphatic carbocycles. The van der Waals surface area contributed by atoms with Gasteiger partial charge in [0.1, 0.15) is 5.65 Å². The number of aliphatic hydroxyl groups is 1. The maximum absolute atomic E-state index is 12.4. The topological polar surface area (TPSA) is 58.4 Å². The van der Waals surface area contributed by atoms with Crippen molar-refractivity contribution >= 4 is 16.9 Å². The molecule has 0 radical (unpaired) electrons. The SMILES string of the molecule is Cn1ccc2ccc(CC3CC4(C3)CN(C(=O)C3CC(C)(O)C3)C4)nc21. The Labute approximate surface area is 154 Å². The zero-order valence-electron chi connectivity index (χ0n) is 15.6. The second kappa shape index (κ2) is 5.32. The van der Waals surface area contributed by atoms with Crippen LogP contribution in [0.15, 0.2) is 24.4 Å². The number of nitrogens with zero attached hydrogens (tertiary/aromatic N) is 3. The van der Waals surface area contributed by atoms with Gasteiger partial charge in [-0.25, -0.2) is 4.98 Å². The molecule has 1 aliphatic heterocycles. The number of fused-ring (bicyclic) bond motifs is 1. The molecule has 3 fully saturated rings. The molecule has 5 heteroatoms. The number of aromatic nitrogens is 2. The van der Waals surface area contributed by atoms with E-state index in [0.29, 0.717) is 24.2 Å². The van der Waals surface area contributed by atoms with E-state index in [0.717, 1.165) is 25.2 Å². The lowest BCUT2D eigenvalue weighted by Crippen LogP contribution is -2.66.